The number of likely N-dealkylation sites (N-methyl/N-ethyl adjacent to an activating group) is 1. The number of benzene rings is 1. The molecule has 0 spiro atoms. The Morgan fingerprint density at radius 2 is 1.56 bits per heavy atom. The van der Waals surface area contributed by atoms with Gasteiger partial charge < -0.3 is 10.6 Å². The predicted molar refractivity (Wildman–Crippen MR) is 71.4 cm³/mol. The molecule has 18 heavy (non-hydrogen) atoms. The minimum Gasteiger partial charge on any atom is -0.329 e. The third kappa shape index (κ3) is 5.02. The summed E-state index contributed by atoms with van der Waals surface area (Å²) in [6.07, 6.45) is -4.28. The summed E-state index contributed by atoms with van der Waals surface area (Å²) in [5.74, 6) is 0. The molecule has 1 aromatic rings. The SMILES string of the molecule is CN(C)C(CN)c1ccc(C(F)(F)F)cc1.Cl.Cl. The van der Waals surface area contributed by atoms with Gasteiger partial charge in [0, 0.05) is 12.6 Å². The average molecular weight is 305 g/mol. The lowest BCUT2D eigenvalue weighted by Crippen LogP contribution is -2.27. The van der Waals surface area contributed by atoms with Gasteiger partial charge in [-0.25, -0.2) is 0 Å². The fourth-order valence-corrected chi connectivity index (χ4v) is 1.54. The Balaban J connectivity index is 0. The van der Waals surface area contributed by atoms with Gasteiger partial charge in [0.15, 0.2) is 0 Å². The molecule has 0 saturated carbocycles. The molecule has 1 rings (SSSR count). The van der Waals surface area contributed by atoms with Crippen LogP contribution in [0.15, 0.2) is 24.3 Å². The van der Waals surface area contributed by atoms with E-state index in [1.54, 1.807) is 0 Å². The maximum atomic E-state index is 12.3. The summed E-state index contributed by atoms with van der Waals surface area (Å²) in [5.41, 5.74) is 5.72. The molecule has 0 amide bonds. The van der Waals surface area contributed by atoms with E-state index in [9.17, 15) is 13.2 Å². The first kappa shape index (κ1) is 19.8. The number of hydrogen-bond donors (Lipinski definition) is 1. The van der Waals surface area contributed by atoms with Crippen LogP contribution in [0.2, 0.25) is 0 Å². The van der Waals surface area contributed by atoms with Crippen molar-refractivity contribution < 1.29 is 13.2 Å². The van der Waals surface area contributed by atoms with Crippen molar-refractivity contribution in [2.24, 2.45) is 5.73 Å². The van der Waals surface area contributed by atoms with E-state index in [2.05, 4.69) is 0 Å². The summed E-state index contributed by atoms with van der Waals surface area (Å²) in [6, 6.07) is 5.06. The van der Waals surface area contributed by atoms with Gasteiger partial charge in [0.05, 0.1) is 5.56 Å². The predicted octanol–water partition coefficient (Wildman–Crippen LogP) is 3.11. The van der Waals surface area contributed by atoms with Gasteiger partial charge in [-0.2, -0.15) is 13.2 Å². The van der Waals surface area contributed by atoms with Gasteiger partial charge in [0.1, 0.15) is 0 Å². The van der Waals surface area contributed by atoms with Crippen LogP contribution in [0.1, 0.15) is 17.2 Å². The van der Waals surface area contributed by atoms with Crippen LogP contribution in [0.3, 0.4) is 0 Å². The van der Waals surface area contributed by atoms with Crippen molar-refractivity contribution in [2.45, 2.75) is 12.2 Å². The first-order valence-corrected chi connectivity index (χ1v) is 4.90. The monoisotopic (exact) mass is 304 g/mol. The van der Waals surface area contributed by atoms with Crippen molar-refractivity contribution in [1.29, 1.82) is 0 Å². The highest BCUT2D eigenvalue weighted by molar-refractivity contribution is 5.85. The highest BCUT2D eigenvalue weighted by Crippen LogP contribution is 2.30. The molecule has 0 aliphatic heterocycles. The van der Waals surface area contributed by atoms with Crippen LogP contribution in [0.5, 0.6) is 0 Å². The molecule has 0 radical (unpaired) electrons. The van der Waals surface area contributed by atoms with E-state index >= 15 is 0 Å². The number of alkyl halides is 3. The summed E-state index contributed by atoms with van der Waals surface area (Å²) in [4.78, 5) is 1.88. The maximum absolute atomic E-state index is 12.3. The van der Waals surface area contributed by atoms with Gasteiger partial charge in [0.25, 0.3) is 0 Å². The van der Waals surface area contributed by atoms with Crippen LogP contribution in [0.25, 0.3) is 0 Å². The Kier molecular flexibility index (Phi) is 8.64. The second kappa shape index (κ2) is 7.84. The zero-order valence-electron chi connectivity index (χ0n) is 10.1. The molecule has 1 atom stereocenters. The molecule has 2 nitrogen and oxygen atoms in total. The highest BCUT2D eigenvalue weighted by Gasteiger charge is 2.30. The van der Waals surface area contributed by atoms with Crippen LogP contribution >= 0.6 is 24.8 Å². The molecule has 0 aromatic heterocycles. The van der Waals surface area contributed by atoms with Crippen LogP contribution < -0.4 is 5.73 Å². The Morgan fingerprint density at radius 1 is 1.11 bits per heavy atom. The Morgan fingerprint density at radius 3 is 1.83 bits per heavy atom. The van der Waals surface area contributed by atoms with Crippen molar-refractivity contribution in [1.82, 2.24) is 4.90 Å². The molecular weight excluding hydrogens is 288 g/mol. The zero-order valence-corrected chi connectivity index (χ0v) is 11.7. The number of halogens is 5. The second-order valence-corrected chi connectivity index (χ2v) is 3.83. The topological polar surface area (TPSA) is 29.3 Å². The number of nitrogens with two attached hydrogens (primary N) is 1. The highest BCUT2D eigenvalue weighted by atomic mass is 35.5. The van der Waals surface area contributed by atoms with Gasteiger partial charge in [-0.3, -0.25) is 0 Å². The third-order valence-electron chi connectivity index (χ3n) is 2.47. The normalized spacial score (nSPS) is 12.6. The van der Waals surface area contributed by atoms with Crippen molar-refractivity contribution in [2.75, 3.05) is 20.6 Å². The van der Waals surface area contributed by atoms with Crippen LogP contribution in [0.4, 0.5) is 13.2 Å². The van der Waals surface area contributed by atoms with Gasteiger partial charge >= 0.3 is 6.18 Å². The molecule has 0 bridgehead atoms. The molecule has 0 aliphatic carbocycles. The molecule has 7 heteroatoms. The largest absolute Gasteiger partial charge is 0.416 e. The molecule has 1 aromatic carbocycles. The van der Waals surface area contributed by atoms with Crippen molar-refractivity contribution in [3.63, 3.8) is 0 Å². The minimum atomic E-state index is -4.28. The molecule has 106 valence electrons. The average Bonchev–Trinajstić information content (AvgIpc) is 2.17. The van der Waals surface area contributed by atoms with E-state index < -0.39 is 11.7 Å². The fourth-order valence-electron chi connectivity index (χ4n) is 1.54. The first-order chi connectivity index (χ1) is 7.36. The lowest BCUT2D eigenvalue weighted by Gasteiger charge is -2.23. The van der Waals surface area contributed by atoms with E-state index in [1.165, 1.54) is 12.1 Å². The molecule has 0 saturated heterocycles. The van der Waals surface area contributed by atoms with Crippen LogP contribution in [0, 0.1) is 0 Å². The summed E-state index contributed by atoms with van der Waals surface area (Å²) in [5, 5.41) is 0. The van der Waals surface area contributed by atoms with Crippen LogP contribution in [-0.2, 0) is 6.18 Å². The van der Waals surface area contributed by atoms with Gasteiger partial charge in [-0.05, 0) is 31.8 Å². The van der Waals surface area contributed by atoms with Crippen molar-refractivity contribution >= 4 is 24.8 Å². The van der Waals surface area contributed by atoms with Crippen molar-refractivity contribution in [3.8, 4) is 0 Å². The first-order valence-electron chi connectivity index (χ1n) is 4.90. The number of hydrogen-bond acceptors (Lipinski definition) is 2. The third-order valence-corrected chi connectivity index (χ3v) is 2.47. The van der Waals surface area contributed by atoms with E-state index in [-0.39, 0.29) is 30.9 Å². The van der Waals surface area contributed by atoms with Gasteiger partial charge in [-0.15, -0.1) is 24.8 Å². The molecule has 0 aliphatic rings. The summed E-state index contributed by atoms with van der Waals surface area (Å²) < 4.78 is 37.0. The lowest BCUT2D eigenvalue weighted by molar-refractivity contribution is -0.137. The molecule has 0 heterocycles. The molecule has 2 N–H and O–H groups in total. The molecule has 1 unspecified atom stereocenters. The fraction of sp³-hybridized carbons (Fsp3) is 0.455. The minimum absolute atomic E-state index is 0. The lowest BCUT2D eigenvalue weighted by atomic mass is 10.0. The molecular formula is C11H17Cl2F3N2. The van der Waals surface area contributed by atoms with Crippen LogP contribution in [-0.4, -0.2) is 25.5 Å². The van der Waals surface area contributed by atoms with E-state index in [0.717, 1.165) is 17.7 Å². The maximum Gasteiger partial charge on any atom is 0.416 e. The van der Waals surface area contributed by atoms with E-state index in [1.807, 2.05) is 19.0 Å². The number of rotatable bonds is 3. The smallest absolute Gasteiger partial charge is 0.329 e. The Hall–Kier alpha value is -0.490. The summed E-state index contributed by atoms with van der Waals surface area (Å²) >= 11 is 0. The Labute approximate surface area is 117 Å². The van der Waals surface area contributed by atoms with Gasteiger partial charge in [0.2, 0.25) is 0 Å². The summed E-state index contributed by atoms with van der Waals surface area (Å²) in [6.45, 7) is 0.373. The zero-order chi connectivity index (χ0) is 12.3. The summed E-state index contributed by atoms with van der Waals surface area (Å²) in [7, 11) is 3.68. The standard InChI is InChI=1S/C11H15F3N2.2ClH/c1-16(2)10(7-15)8-3-5-9(6-4-8)11(12,13)14;;/h3-6,10H,7,15H2,1-2H3;2*1H. The number of nitrogens with zero attached hydrogens (tertiary/aromatic N) is 1. The quantitative estimate of drug-likeness (QED) is 0.930. The Bertz CT molecular complexity index is 339. The van der Waals surface area contributed by atoms with E-state index in [4.69, 9.17) is 5.73 Å². The van der Waals surface area contributed by atoms with Gasteiger partial charge in [-0.1, -0.05) is 12.1 Å². The van der Waals surface area contributed by atoms with Crippen molar-refractivity contribution in [3.05, 3.63) is 35.4 Å². The molecule has 0 fully saturated rings. The second-order valence-electron chi connectivity index (χ2n) is 3.83. The van der Waals surface area contributed by atoms with E-state index in [0.29, 0.717) is 6.54 Å².